The molecule has 1 saturated carbocycles. The first-order valence-electron chi connectivity index (χ1n) is 7.99. The van der Waals surface area contributed by atoms with Gasteiger partial charge in [-0.3, -0.25) is 4.99 Å². The number of hydrogen-bond acceptors (Lipinski definition) is 1. The summed E-state index contributed by atoms with van der Waals surface area (Å²) in [7, 11) is 5.78. The van der Waals surface area contributed by atoms with Gasteiger partial charge in [0.05, 0.1) is 6.54 Å². The van der Waals surface area contributed by atoms with Gasteiger partial charge in [0.25, 0.3) is 0 Å². The minimum Gasteiger partial charge on any atom is -0.353 e. The zero-order chi connectivity index (χ0) is 17.3. The molecule has 1 heterocycles. The lowest BCUT2D eigenvalue weighted by atomic mass is 10.1. The van der Waals surface area contributed by atoms with Crippen molar-refractivity contribution in [2.45, 2.75) is 24.9 Å². The molecule has 3 rings (SSSR count). The molecule has 0 radical (unpaired) electrons. The molecular formula is C18H22ClFN4. The molecule has 0 spiro atoms. The van der Waals surface area contributed by atoms with E-state index in [0.717, 1.165) is 18.9 Å². The summed E-state index contributed by atoms with van der Waals surface area (Å²) in [4.78, 5) is 6.41. The summed E-state index contributed by atoms with van der Waals surface area (Å²) in [5, 5.41) is 3.91. The SMILES string of the molecule is CN=C(NC1CC1c1c(F)cccc1Cl)N(C)Cc1cccn1C. The largest absolute Gasteiger partial charge is 0.353 e. The Morgan fingerprint density at radius 1 is 1.42 bits per heavy atom. The van der Waals surface area contributed by atoms with Gasteiger partial charge in [0, 0.05) is 55.6 Å². The summed E-state index contributed by atoms with van der Waals surface area (Å²) >= 11 is 6.16. The Morgan fingerprint density at radius 3 is 2.83 bits per heavy atom. The molecule has 2 atom stereocenters. The number of hydrogen-bond donors (Lipinski definition) is 1. The van der Waals surface area contributed by atoms with Crippen molar-refractivity contribution in [3.8, 4) is 0 Å². The first-order chi connectivity index (χ1) is 11.5. The molecule has 1 fully saturated rings. The van der Waals surface area contributed by atoms with Gasteiger partial charge in [0.1, 0.15) is 5.82 Å². The van der Waals surface area contributed by atoms with Crippen LogP contribution in [0.3, 0.4) is 0 Å². The third-order valence-electron chi connectivity index (χ3n) is 4.50. The molecule has 4 nitrogen and oxygen atoms in total. The van der Waals surface area contributed by atoms with Crippen molar-refractivity contribution in [1.82, 2.24) is 14.8 Å². The Balaban J connectivity index is 1.64. The van der Waals surface area contributed by atoms with Crippen molar-refractivity contribution < 1.29 is 4.39 Å². The summed E-state index contributed by atoms with van der Waals surface area (Å²) in [6, 6.07) is 9.12. The van der Waals surface area contributed by atoms with Crippen LogP contribution in [-0.2, 0) is 13.6 Å². The smallest absolute Gasteiger partial charge is 0.193 e. The number of nitrogens with one attached hydrogen (secondary N) is 1. The van der Waals surface area contributed by atoms with Crippen LogP contribution < -0.4 is 5.32 Å². The van der Waals surface area contributed by atoms with Crippen molar-refractivity contribution >= 4 is 17.6 Å². The topological polar surface area (TPSA) is 32.6 Å². The summed E-state index contributed by atoms with van der Waals surface area (Å²) < 4.78 is 16.1. The van der Waals surface area contributed by atoms with Gasteiger partial charge in [-0.25, -0.2) is 4.39 Å². The van der Waals surface area contributed by atoms with Gasteiger partial charge in [-0.2, -0.15) is 0 Å². The van der Waals surface area contributed by atoms with Crippen LogP contribution in [0.15, 0.2) is 41.5 Å². The van der Waals surface area contributed by atoms with Crippen molar-refractivity contribution in [3.63, 3.8) is 0 Å². The molecule has 2 unspecified atom stereocenters. The standard InChI is InChI=1S/C18H22ClFN4/c1-21-18(24(3)11-12-6-5-9-23(12)2)22-16-10-13(16)17-14(19)7-4-8-15(17)20/h4-9,13,16H,10-11H2,1-3H3,(H,21,22). The second-order valence-corrected chi connectivity index (χ2v) is 6.65. The van der Waals surface area contributed by atoms with E-state index < -0.39 is 0 Å². The molecule has 6 heteroatoms. The Morgan fingerprint density at radius 2 is 2.21 bits per heavy atom. The molecule has 1 aromatic carbocycles. The number of benzene rings is 1. The van der Waals surface area contributed by atoms with Gasteiger partial charge in [-0.15, -0.1) is 0 Å². The van der Waals surface area contributed by atoms with Crippen molar-refractivity contribution in [2.24, 2.45) is 12.0 Å². The monoisotopic (exact) mass is 348 g/mol. The first kappa shape index (κ1) is 16.8. The van der Waals surface area contributed by atoms with Gasteiger partial charge >= 0.3 is 0 Å². The van der Waals surface area contributed by atoms with Crippen LogP contribution in [0.25, 0.3) is 0 Å². The molecule has 2 aromatic rings. The Bertz CT molecular complexity index is 735. The molecular weight excluding hydrogens is 327 g/mol. The fourth-order valence-corrected chi connectivity index (χ4v) is 3.33. The second-order valence-electron chi connectivity index (χ2n) is 6.24. The average molecular weight is 349 g/mol. The number of nitrogens with zero attached hydrogens (tertiary/aromatic N) is 3. The van der Waals surface area contributed by atoms with E-state index >= 15 is 0 Å². The van der Waals surface area contributed by atoms with Crippen molar-refractivity contribution in [2.75, 3.05) is 14.1 Å². The minimum atomic E-state index is -0.232. The van der Waals surface area contributed by atoms with Gasteiger partial charge in [-0.05, 0) is 30.7 Å². The predicted octanol–water partition coefficient (Wildman–Crippen LogP) is 3.38. The Kier molecular flexibility index (Phi) is 4.81. The van der Waals surface area contributed by atoms with Gasteiger partial charge < -0.3 is 14.8 Å². The molecule has 24 heavy (non-hydrogen) atoms. The van der Waals surface area contributed by atoms with Crippen LogP contribution in [0.1, 0.15) is 23.6 Å². The second kappa shape index (κ2) is 6.85. The van der Waals surface area contributed by atoms with Gasteiger partial charge in [0.15, 0.2) is 5.96 Å². The Labute approximate surface area is 146 Å². The van der Waals surface area contributed by atoms with E-state index in [1.165, 1.54) is 11.8 Å². The van der Waals surface area contributed by atoms with Gasteiger partial charge in [0.2, 0.25) is 0 Å². The van der Waals surface area contributed by atoms with E-state index in [2.05, 4.69) is 25.8 Å². The lowest BCUT2D eigenvalue weighted by molar-refractivity contribution is 0.460. The number of halogens is 2. The normalized spacial score (nSPS) is 20.1. The lowest BCUT2D eigenvalue weighted by Gasteiger charge is -2.22. The average Bonchev–Trinajstić information content (AvgIpc) is 3.18. The van der Waals surface area contributed by atoms with Crippen LogP contribution in [0.2, 0.25) is 5.02 Å². The molecule has 0 bridgehead atoms. The number of aromatic nitrogens is 1. The van der Waals surface area contributed by atoms with Crippen LogP contribution in [0.4, 0.5) is 4.39 Å². The third-order valence-corrected chi connectivity index (χ3v) is 4.83. The zero-order valence-corrected chi connectivity index (χ0v) is 14.9. The van der Waals surface area contributed by atoms with Crippen LogP contribution in [0.5, 0.6) is 0 Å². The molecule has 128 valence electrons. The van der Waals surface area contributed by atoms with Crippen LogP contribution in [-0.4, -0.2) is 35.6 Å². The van der Waals surface area contributed by atoms with E-state index in [9.17, 15) is 4.39 Å². The molecule has 0 aliphatic heterocycles. The quantitative estimate of drug-likeness (QED) is 0.678. The maximum absolute atomic E-state index is 14.0. The van der Waals surface area contributed by atoms with Crippen LogP contribution in [0, 0.1) is 5.82 Å². The first-order valence-corrected chi connectivity index (χ1v) is 8.37. The highest BCUT2D eigenvalue weighted by Crippen LogP contribution is 2.44. The molecule has 1 aliphatic rings. The summed E-state index contributed by atoms with van der Waals surface area (Å²) in [5.74, 6) is 0.666. The molecule has 1 aromatic heterocycles. The molecule has 0 saturated heterocycles. The van der Waals surface area contributed by atoms with E-state index in [1.54, 1.807) is 19.2 Å². The zero-order valence-electron chi connectivity index (χ0n) is 14.1. The minimum absolute atomic E-state index is 0.0962. The summed E-state index contributed by atoms with van der Waals surface area (Å²) in [6.07, 6.45) is 2.88. The predicted molar refractivity (Wildman–Crippen MR) is 95.9 cm³/mol. The van der Waals surface area contributed by atoms with E-state index in [1.807, 2.05) is 26.4 Å². The molecule has 1 N–H and O–H groups in total. The highest BCUT2D eigenvalue weighted by molar-refractivity contribution is 6.31. The van der Waals surface area contributed by atoms with Crippen LogP contribution >= 0.6 is 11.6 Å². The van der Waals surface area contributed by atoms with E-state index in [4.69, 9.17) is 11.6 Å². The van der Waals surface area contributed by atoms with Gasteiger partial charge in [-0.1, -0.05) is 17.7 Å². The fraction of sp³-hybridized carbons (Fsp3) is 0.389. The highest BCUT2D eigenvalue weighted by Gasteiger charge is 2.42. The van der Waals surface area contributed by atoms with E-state index in [-0.39, 0.29) is 17.8 Å². The van der Waals surface area contributed by atoms with Crippen molar-refractivity contribution in [3.05, 3.63) is 58.6 Å². The number of rotatable bonds is 4. The van der Waals surface area contributed by atoms with Crippen molar-refractivity contribution in [1.29, 1.82) is 0 Å². The Hall–Kier alpha value is -2.01. The maximum Gasteiger partial charge on any atom is 0.193 e. The van der Waals surface area contributed by atoms with E-state index in [0.29, 0.717) is 10.6 Å². The third kappa shape index (κ3) is 3.41. The molecule has 1 aliphatic carbocycles. The highest BCUT2D eigenvalue weighted by atomic mass is 35.5. The lowest BCUT2D eigenvalue weighted by Crippen LogP contribution is -2.40. The number of aliphatic imine (C=N–C) groups is 1. The summed E-state index contributed by atoms with van der Waals surface area (Å²) in [5.41, 5.74) is 1.81. The fourth-order valence-electron chi connectivity index (χ4n) is 3.03. The number of guanidine groups is 1. The number of aryl methyl sites for hydroxylation is 1. The maximum atomic E-state index is 14.0. The summed E-state index contributed by atoms with van der Waals surface area (Å²) in [6.45, 7) is 0.751. The molecule has 0 amide bonds.